The van der Waals surface area contributed by atoms with E-state index in [1.165, 1.54) is 5.56 Å². The smallest absolute Gasteiger partial charge is 0.258 e. The highest BCUT2D eigenvalue weighted by Gasteiger charge is 2.32. The van der Waals surface area contributed by atoms with E-state index in [0.717, 1.165) is 49.3 Å². The molecule has 0 amide bonds. The lowest BCUT2D eigenvalue weighted by Gasteiger charge is -2.33. The Morgan fingerprint density at radius 3 is 2.61 bits per heavy atom. The van der Waals surface area contributed by atoms with E-state index < -0.39 is 5.79 Å². The number of aromatic nitrogens is 5. The third kappa shape index (κ3) is 4.87. The second-order valence-corrected chi connectivity index (χ2v) is 10.3. The molecule has 2 aliphatic rings. The highest BCUT2D eigenvalue weighted by atomic mass is 16.7. The summed E-state index contributed by atoms with van der Waals surface area (Å²) in [6.45, 7) is 6.05. The van der Waals surface area contributed by atoms with Crippen LogP contribution in [0.5, 0.6) is 0 Å². The van der Waals surface area contributed by atoms with Crippen LogP contribution in [0.3, 0.4) is 0 Å². The van der Waals surface area contributed by atoms with E-state index in [1.807, 2.05) is 36.0 Å². The molecular weight excluding hydrogens is 484 g/mol. The summed E-state index contributed by atoms with van der Waals surface area (Å²) in [4.78, 5) is 34.2. The molecule has 198 valence electrons. The molecule has 4 aromatic rings. The number of pyridine rings is 1. The fourth-order valence-corrected chi connectivity index (χ4v) is 5.31. The summed E-state index contributed by atoms with van der Waals surface area (Å²) in [6, 6.07) is 7.52. The summed E-state index contributed by atoms with van der Waals surface area (Å²) in [5.74, 6) is -0.401. The Balaban J connectivity index is 1.29. The SMILES string of the molecule is CCc1nc(CCC2(C)OCC(=O)CO2)cn2nc(-c3cc(=O)n4cc(C5CCNCC5)ccc4n3)cc12. The van der Waals surface area contributed by atoms with Gasteiger partial charge in [0, 0.05) is 18.7 Å². The van der Waals surface area contributed by atoms with Crippen molar-refractivity contribution >= 4 is 16.9 Å². The molecule has 6 rings (SSSR count). The predicted octanol–water partition coefficient (Wildman–Crippen LogP) is 2.70. The topological polar surface area (TPSA) is 112 Å². The molecule has 2 saturated heterocycles. The van der Waals surface area contributed by atoms with Crippen molar-refractivity contribution in [3.63, 3.8) is 0 Å². The largest absolute Gasteiger partial charge is 0.342 e. The molecule has 38 heavy (non-hydrogen) atoms. The van der Waals surface area contributed by atoms with Crippen LogP contribution >= 0.6 is 0 Å². The van der Waals surface area contributed by atoms with Crippen LogP contribution in [0.2, 0.25) is 0 Å². The summed E-state index contributed by atoms with van der Waals surface area (Å²) >= 11 is 0. The van der Waals surface area contributed by atoms with Gasteiger partial charge in [-0.3, -0.25) is 19.0 Å². The van der Waals surface area contributed by atoms with Crippen molar-refractivity contribution in [1.82, 2.24) is 29.3 Å². The number of piperidine rings is 1. The second kappa shape index (κ2) is 10.0. The van der Waals surface area contributed by atoms with Crippen molar-refractivity contribution in [3.05, 3.63) is 64.0 Å². The van der Waals surface area contributed by atoms with Gasteiger partial charge in [-0.2, -0.15) is 5.10 Å². The van der Waals surface area contributed by atoms with Crippen LogP contribution in [0.1, 0.15) is 56.0 Å². The van der Waals surface area contributed by atoms with Gasteiger partial charge in [-0.1, -0.05) is 13.0 Å². The lowest BCUT2D eigenvalue weighted by atomic mass is 9.91. The molecule has 2 aliphatic heterocycles. The lowest BCUT2D eigenvalue weighted by molar-refractivity contribution is -0.247. The van der Waals surface area contributed by atoms with Crippen molar-refractivity contribution < 1.29 is 14.3 Å². The molecule has 10 nitrogen and oxygen atoms in total. The van der Waals surface area contributed by atoms with E-state index >= 15 is 0 Å². The summed E-state index contributed by atoms with van der Waals surface area (Å²) in [5.41, 5.74) is 5.49. The molecule has 0 radical (unpaired) electrons. The highest BCUT2D eigenvalue weighted by molar-refractivity contribution is 5.81. The van der Waals surface area contributed by atoms with E-state index in [2.05, 4.69) is 18.3 Å². The van der Waals surface area contributed by atoms with Crippen molar-refractivity contribution in [2.75, 3.05) is 26.3 Å². The van der Waals surface area contributed by atoms with Gasteiger partial charge in [-0.05, 0) is 69.3 Å². The Kier molecular flexibility index (Phi) is 6.55. The van der Waals surface area contributed by atoms with Crippen molar-refractivity contribution in [3.8, 4) is 11.4 Å². The molecule has 10 heteroatoms. The van der Waals surface area contributed by atoms with E-state index in [4.69, 9.17) is 24.5 Å². The maximum absolute atomic E-state index is 13.1. The normalized spacial score (nSPS) is 18.4. The second-order valence-electron chi connectivity index (χ2n) is 10.3. The number of ketones is 1. The average Bonchev–Trinajstić information content (AvgIpc) is 3.38. The fourth-order valence-electron chi connectivity index (χ4n) is 5.31. The molecule has 0 saturated carbocycles. The third-order valence-electron chi connectivity index (χ3n) is 7.58. The minimum absolute atomic E-state index is 0.0523. The van der Waals surface area contributed by atoms with Crippen molar-refractivity contribution in [2.45, 2.75) is 57.7 Å². The number of aryl methyl sites for hydroxylation is 2. The first-order chi connectivity index (χ1) is 18.4. The number of carbonyl (C=O) groups excluding carboxylic acids is 1. The van der Waals surface area contributed by atoms with Crippen molar-refractivity contribution in [2.24, 2.45) is 0 Å². The van der Waals surface area contributed by atoms with Crippen LogP contribution in [-0.2, 0) is 27.1 Å². The zero-order chi connectivity index (χ0) is 26.3. The summed E-state index contributed by atoms with van der Waals surface area (Å²) in [7, 11) is 0. The van der Waals surface area contributed by atoms with Crippen LogP contribution in [0.4, 0.5) is 0 Å². The standard InChI is InChI=1S/C28H32N6O4/c1-3-22-25-12-24(32-34(25)15-20(30-22)6-9-28(2)37-16-21(35)17-38-28)23-13-27(36)33-14-19(4-5-26(33)31-23)18-7-10-29-11-8-18/h4-5,12-15,18,29H,3,6-11,16-17H2,1-2H3. The number of Topliss-reactive ketones (excluding diaryl/α,β-unsaturated/α-hetero) is 1. The van der Waals surface area contributed by atoms with Crippen LogP contribution in [0, 0.1) is 0 Å². The maximum atomic E-state index is 13.1. The van der Waals surface area contributed by atoms with Crippen LogP contribution in [-0.4, -0.2) is 61.9 Å². The van der Waals surface area contributed by atoms with Gasteiger partial charge in [-0.25, -0.2) is 9.50 Å². The maximum Gasteiger partial charge on any atom is 0.258 e. The zero-order valence-electron chi connectivity index (χ0n) is 21.8. The van der Waals surface area contributed by atoms with Crippen LogP contribution < -0.4 is 10.9 Å². The van der Waals surface area contributed by atoms with Gasteiger partial charge in [-0.15, -0.1) is 0 Å². The first-order valence-electron chi connectivity index (χ1n) is 13.3. The Hall–Kier alpha value is -3.47. The van der Waals surface area contributed by atoms with Gasteiger partial charge in [0.15, 0.2) is 11.6 Å². The molecule has 0 aromatic carbocycles. The van der Waals surface area contributed by atoms with E-state index in [1.54, 1.807) is 10.5 Å². The number of nitrogens with one attached hydrogen (secondary N) is 1. The van der Waals surface area contributed by atoms with Gasteiger partial charge in [0.05, 0.1) is 28.8 Å². The molecule has 0 aliphatic carbocycles. The van der Waals surface area contributed by atoms with E-state index in [0.29, 0.717) is 35.8 Å². The molecule has 0 unspecified atom stereocenters. The third-order valence-corrected chi connectivity index (χ3v) is 7.58. The Bertz CT molecular complexity index is 1560. The molecule has 0 atom stereocenters. The molecule has 0 bridgehead atoms. The Morgan fingerprint density at radius 2 is 1.84 bits per heavy atom. The fraction of sp³-hybridized carbons (Fsp3) is 0.464. The van der Waals surface area contributed by atoms with Gasteiger partial charge >= 0.3 is 0 Å². The Labute approximate surface area is 220 Å². The minimum atomic E-state index is -0.808. The quantitative estimate of drug-likeness (QED) is 0.416. The molecule has 4 aromatic heterocycles. The van der Waals surface area contributed by atoms with E-state index in [9.17, 15) is 9.59 Å². The highest BCUT2D eigenvalue weighted by Crippen LogP contribution is 2.27. The van der Waals surface area contributed by atoms with Crippen LogP contribution in [0.25, 0.3) is 22.6 Å². The lowest BCUT2D eigenvalue weighted by Crippen LogP contribution is -2.42. The molecule has 0 spiro atoms. The molecular formula is C28H32N6O4. The molecule has 2 fully saturated rings. The number of fused-ring (bicyclic) bond motifs is 2. The van der Waals surface area contributed by atoms with E-state index in [-0.39, 0.29) is 24.6 Å². The monoisotopic (exact) mass is 516 g/mol. The first-order valence-corrected chi connectivity index (χ1v) is 13.3. The summed E-state index contributed by atoms with van der Waals surface area (Å²) in [6.07, 6.45) is 7.89. The number of hydrogen-bond donors (Lipinski definition) is 1. The zero-order valence-corrected chi connectivity index (χ0v) is 21.8. The molecule has 1 N–H and O–H groups in total. The number of nitrogens with zero attached hydrogens (tertiary/aromatic N) is 5. The van der Waals surface area contributed by atoms with Gasteiger partial charge in [0.1, 0.15) is 24.6 Å². The minimum Gasteiger partial charge on any atom is -0.342 e. The summed E-state index contributed by atoms with van der Waals surface area (Å²) < 4.78 is 14.7. The number of rotatable bonds is 6. The first kappa shape index (κ1) is 24.8. The average molecular weight is 517 g/mol. The summed E-state index contributed by atoms with van der Waals surface area (Å²) in [5, 5.41) is 8.15. The number of carbonyl (C=O) groups is 1. The predicted molar refractivity (Wildman–Crippen MR) is 141 cm³/mol. The Morgan fingerprint density at radius 1 is 1.05 bits per heavy atom. The van der Waals surface area contributed by atoms with Crippen molar-refractivity contribution in [1.29, 1.82) is 0 Å². The van der Waals surface area contributed by atoms with Gasteiger partial charge in [0.25, 0.3) is 5.56 Å². The number of ether oxygens (including phenoxy) is 2. The van der Waals surface area contributed by atoms with Gasteiger partial charge < -0.3 is 14.8 Å². The number of hydrogen-bond acceptors (Lipinski definition) is 8. The van der Waals surface area contributed by atoms with Gasteiger partial charge in [0.2, 0.25) is 0 Å². The van der Waals surface area contributed by atoms with Crippen LogP contribution in [0.15, 0.2) is 41.5 Å². The molecule has 6 heterocycles.